The number of hydrogen-bond donors (Lipinski definition) is 0. The van der Waals surface area contributed by atoms with Crippen molar-refractivity contribution in [1.82, 2.24) is 0 Å². The molecular weight excluding hydrogens is 292 g/mol. The number of esters is 1. The third kappa shape index (κ3) is 3.59. The highest BCUT2D eigenvalue weighted by molar-refractivity contribution is 5.77. The topological polar surface area (TPSA) is 44.8 Å². The van der Waals surface area contributed by atoms with Gasteiger partial charge in [-0.15, -0.1) is 0 Å². The van der Waals surface area contributed by atoms with E-state index in [0.717, 1.165) is 38.5 Å². The summed E-state index contributed by atoms with van der Waals surface area (Å²) in [5, 5.41) is 0. The van der Waals surface area contributed by atoms with E-state index in [1.165, 1.54) is 5.56 Å². The van der Waals surface area contributed by atoms with Gasteiger partial charge in [-0.3, -0.25) is 4.79 Å². The molecule has 0 amide bonds. The van der Waals surface area contributed by atoms with Gasteiger partial charge < -0.3 is 14.2 Å². The molecule has 2 aliphatic rings. The van der Waals surface area contributed by atoms with Gasteiger partial charge in [0.1, 0.15) is 0 Å². The van der Waals surface area contributed by atoms with Gasteiger partial charge in [0.2, 0.25) is 0 Å². The van der Waals surface area contributed by atoms with Gasteiger partial charge in [-0.25, -0.2) is 0 Å². The minimum atomic E-state index is -0.442. The maximum Gasteiger partial charge on any atom is 0.312 e. The maximum atomic E-state index is 12.6. The van der Waals surface area contributed by atoms with Crippen molar-refractivity contribution >= 4 is 5.97 Å². The molecular formula is C19H26O4. The van der Waals surface area contributed by atoms with Crippen LogP contribution in [0.2, 0.25) is 0 Å². The first-order chi connectivity index (χ1) is 11.2. The fourth-order valence-corrected chi connectivity index (χ4v) is 3.76. The van der Waals surface area contributed by atoms with Crippen LogP contribution >= 0.6 is 0 Å². The van der Waals surface area contributed by atoms with Crippen molar-refractivity contribution in [3.05, 3.63) is 35.9 Å². The van der Waals surface area contributed by atoms with E-state index >= 15 is 0 Å². The number of rotatable bonds is 5. The molecule has 0 aromatic heterocycles. The first-order valence-electron chi connectivity index (χ1n) is 8.67. The summed E-state index contributed by atoms with van der Waals surface area (Å²) in [5.74, 6) is -0.494. The predicted octanol–water partition coefficient (Wildman–Crippen LogP) is 3.49. The molecule has 1 saturated heterocycles. The van der Waals surface area contributed by atoms with Crippen LogP contribution in [-0.2, 0) is 25.4 Å². The van der Waals surface area contributed by atoms with Gasteiger partial charge in [0.25, 0.3) is 0 Å². The zero-order valence-corrected chi connectivity index (χ0v) is 13.9. The normalized spacial score (nSPS) is 22.1. The first-order valence-corrected chi connectivity index (χ1v) is 8.67. The van der Waals surface area contributed by atoms with E-state index in [2.05, 4.69) is 12.1 Å². The van der Waals surface area contributed by atoms with Gasteiger partial charge in [0, 0.05) is 12.8 Å². The standard InChI is InChI=1S/C19H26O4/c1-2-21-17(20)18(9-8-16-6-4-3-5-7-16)10-12-19(13-11-18)22-14-15-23-19/h3-7H,2,8-15H2,1H3. The molecule has 1 saturated carbocycles. The second-order valence-corrected chi connectivity index (χ2v) is 6.59. The number of ether oxygens (including phenoxy) is 3. The van der Waals surface area contributed by atoms with E-state index in [0.29, 0.717) is 19.8 Å². The van der Waals surface area contributed by atoms with Crippen LogP contribution < -0.4 is 0 Å². The lowest BCUT2D eigenvalue weighted by molar-refractivity contribution is -0.200. The quantitative estimate of drug-likeness (QED) is 0.780. The Bertz CT molecular complexity index is 509. The Kier molecular flexibility index (Phi) is 5.02. The molecule has 1 aliphatic carbocycles. The second-order valence-electron chi connectivity index (χ2n) is 6.59. The van der Waals surface area contributed by atoms with Gasteiger partial charge in [-0.1, -0.05) is 30.3 Å². The monoisotopic (exact) mass is 318 g/mol. The number of carbonyl (C=O) groups excluding carboxylic acids is 1. The number of benzene rings is 1. The van der Waals surface area contributed by atoms with E-state index in [1.54, 1.807) is 0 Å². The Morgan fingerprint density at radius 2 is 1.74 bits per heavy atom. The summed E-state index contributed by atoms with van der Waals surface area (Å²) in [6, 6.07) is 10.3. The molecule has 0 atom stereocenters. The molecule has 23 heavy (non-hydrogen) atoms. The van der Waals surface area contributed by atoms with Crippen molar-refractivity contribution in [1.29, 1.82) is 0 Å². The highest BCUT2D eigenvalue weighted by atomic mass is 16.7. The third-order valence-electron chi connectivity index (χ3n) is 5.23. The predicted molar refractivity (Wildman–Crippen MR) is 86.9 cm³/mol. The van der Waals surface area contributed by atoms with Crippen molar-refractivity contribution in [2.45, 2.75) is 51.2 Å². The molecule has 0 bridgehead atoms. The van der Waals surface area contributed by atoms with E-state index in [1.807, 2.05) is 25.1 Å². The molecule has 1 heterocycles. The highest BCUT2D eigenvalue weighted by Gasteiger charge is 2.50. The van der Waals surface area contributed by atoms with Crippen LogP contribution in [0.1, 0.15) is 44.6 Å². The molecule has 3 rings (SSSR count). The summed E-state index contributed by atoms with van der Waals surface area (Å²) in [6.45, 7) is 3.63. The van der Waals surface area contributed by atoms with E-state index in [-0.39, 0.29) is 5.97 Å². The van der Waals surface area contributed by atoms with Crippen LogP contribution in [0.5, 0.6) is 0 Å². The Hall–Kier alpha value is -1.39. The SMILES string of the molecule is CCOC(=O)C1(CCc2ccccc2)CCC2(CC1)OCCO2. The summed E-state index contributed by atoms with van der Waals surface area (Å²) in [7, 11) is 0. The fourth-order valence-electron chi connectivity index (χ4n) is 3.76. The van der Waals surface area contributed by atoms with Crippen LogP contribution in [0.15, 0.2) is 30.3 Å². The highest BCUT2D eigenvalue weighted by Crippen LogP contribution is 2.47. The molecule has 4 nitrogen and oxygen atoms in total. The maximum absolute atomic E-state index is 12.6. The van der Waals surface area contributed by atoms with Crippen molar-refractivity contribution in [3.8, 4) is 0 Å². The minimum absolute atomic E-state index is 0.0521. The van der Waals surface area contributed by atoms with Crippen LogP contribution in [0.3, 0.4) is 0 Å². The first kappa shape index (κ1) is 16.5. The number of hydrogen-bond acceptors (Lipinski definition) is 4. The molecule has 1 aromatic rings. The van der Waals surface area contributed by atoms with Gasteiger partial charge in [0.05, 0.1) is 25.2 Å². The lowest BCUT2D eigenvalue weighted by Gasteiger charge is -2.42. The summed E-state index contributed by atoms with van der Waals surface area (Å²) in [6.07, 6.45) is 4.83. The zero-order valence-electron chi connectivity index (χ0n) is 13.9. The van der Waals surface area contributed by atoms with Crippen LogP contribution in [-0.4, -0.2) is 31.6 Å². The number of aryl methyl sites for hydroxylation is 1. The third-order valence-corrected chi connectivity index (χ3v) is 5.23. The number of carbonyl (C=O) groups is 1. The van der Waals surface area contributed by atoms with Crippen LogP contribution in [0, 0.1) is 5.41 Å². The second kappa shape index (κ2) is 7.02. The van der Waals surface area contributed by atoms with Crippen LogP contribution in [0.4, 0.5) is 0 Å². The van der Waals surface area contributed by atoms with Crippen LogP contribution in [0.25, 0.3) is 0 Å². The Morgan fingerprint density at radius 3 is 2.35 bits per heavy atom. The van der Waals surface area contributed by atoms with Crippen molar-refractivity contribution < 1.29 is 19.0 Å². The molecule has 1 spiro atoms. The van der Waals surface area contributed by atoms with Gasteiger partial charge in [0.15, 0.2) is 5.79 Å². The van der Waals surface area contributed by atoms with Crippen molar-refractivity contribution in [3.63, 3.8) is 0 Å². The lowest BCUT2D eigenvalue weighted by Crippen LogP contribution is -2.44. The smallest absolute Gasteiger partial charge is 0.312 e. The summed E-state index contributed by atoms with van der Waals surface area (Å²) in [4.78, 5) is 12.6. The van der Waals surface area contributed by atoms with Gasteiger partial charge in [-0.05, 0) is 38.2 Å². The average molecular weight is 318 g/mol. The van der Waals surface area contributed by atoms with Crippen molar-refractivity contribution in [2.75, 3.05) is 19.8 Å². The molecule has 1 aromatic carbocycles. The molecule has 0 radical (unpaired) electrons. The lowest BCUT2D eigenvalue weighted by atomic mass is 9.69. The molecule has 0 unspecified atom stereocenters. The van der Waals surface area contributed by atoms with Gasteiger partial charge in [-0.2, -0.15) is 0 Å². The van der Waals surface area contributed by atoms with Gasteiger partial charge >= 0.3 is 5.97 Å². The van der Waals surface area contributed by atoms with E-state index in [9.17, 15) is 4.79 Å². The Balaban J connectivity index is 1.69. The van der Waals surface area contributed by atoms with E-state index in [4.69, 9.17) is 14.2 Å². The molecule has 126 valence electrons. The average Bonchev–Trinajstić information content (AvgIpc) is 3.04. The largest absolute Gasteiger partial charge is 0.466 e. The van der Waals surface area contributed by atoms with Crippen molar-refractivity contribution in [2.24, 2.45) is 5.41 Å². The molecule has 4 heteroatoms. The van der Waals surface area contributed by atoms with E-state index < -0.39 is 11.2 Å². The summed E-state index contributed by atoms with van der Waals surface area (Å²) in [5.41, 5.74) is 0.872. The Morgan fingerprint density at radius 1 is 1.09 bits per heavy atom. The molecule has 0 N–H and O–H groups in total. The summed E-state index contributed by atoms with van der Waals surface area (Å²) >= 11 is 0. The fraction of sp³-hybridized carbons (Fsp3) is 0.632. The minimum Gasteiger partial charge on any atom is -0.466 e. The summed E-state index contributed by atoms with van der Waals surface area (Å²) < 4.78 is 17.0. The zero-order chi connectivity index (χ0) is 16.2. The molecule has 1 aliphatic heterocycles. The molecule has 2 fully saturated rings. The Labute approximate surface area is 138 Å².